The predicted molar refractivity (Wildman–Crippen MR) is 118 cm³/mol. The Balaban J connectivity index is 1.51. The molecule has 0 atom stereocenters. The first-order chi connectivity index (χ1) is 15.0. The molecule has 2 aromatic heterocycles. The van der Waals surface area contributed by atoms with Crippen molar-refractivity contribution in [3.8, 4) is 17.0 Å². The summed E-state index contributed by atoms with van der Waals surface area (Å²) in [7, 11) is 1.56. The van der Waals surface area contributed by atoms with E-state index >= 15 is 0 Å². The van der Waals surface area contributed by atoms with Gasteiger partial charge in [0.25, 0.3) is 11.5 Å². The van der Waals surface area contributed by atoms with Gasteiger partial charge in [-0.05, 0) is 24.3 Å². The number of hydrogen-bond acceptors (Lipinski definition) is 4. The number of aromatic nitrogens is 3. The van der Waals surface area contributed by atoms with Crippen LogP contribution < -0.4 is 10.3 Å². The molecule has 0 saturated heterocycles. The zero-order valence-electron chi connectivity index (χ0n) is 16.8. The zero-order chi connectivity index (χ0) is 21.5. The highest BCUT2D eigenvalue weighted by Gasteiger charge is 2.26. The average Bonchev–Trinajstić information content (AvgIpc) is 3.23. The summed E-state index contributed by atoms with van der Waals surface area (Å²) >= 11 is 6.31. The molecular formula is C23H19ClN4O3. The molecule has 3 heterocycles. The third-order valence-electron chi connectivity index (χ3n) is 5.53. The lowest BCUT2D eigenvalue weighted by Crippen LogP contribution is -2.40. The third-order valence-corrected chi connectivity index (χ3v) is 5.86. The van der Waals surface area contributed by atoms with Crippen LogP contribution in [0.1, 0.15) is 21.6 Å². The van der Waals surface area contributed by atoms with Crippen molar-refractivity contribution in [3.05, 3.63) is 86.8 Å². The number of H-pyrrole nitrogens is 1. The van der Waals surface area contributed by atoms with E-state index in [-0.39, 0.29) is 18.0 Å². The highest BCUT2D eigenvalue weighted by atomic mass is 35.5. The van der Waals surface area contributed by atoms with Crippen molar-refractivity contribution < 1.29 is 9.53 Å². The Labute approximate surface area is 182 Å². The molecule has 1 N–H and O–H groups in total. The maximum absolute atomic E-state index is 13.2. The first kappa shape index (κ1) is 19.4. The van der Waals surface area contributed by atoms with E-state index in [0.717, 1.165) is 11.3 Å². The van der Waals surface area contributed by atoms with Crippen molar-refractivity contribution in [2.24, 2.45) is 0 Å². The Morgan fingerprint density at radius 1 is 1.16 bits per heavy atom. The van der Waals surface area contributed by atoms with Gasteiger partial charge in [0.15, 0.2) is 5.65 Å². The minimum atomic E-state index is -0.207. The maximum Gasteiger partial charge on any atom is 0.277 e. The summed E-state index contributed by atoms with van der Waals surface area (Å²) in [4.78, 5) is 32.6. The number of benzene rings is 2. The second kappa shape index (κ2) is 7.59. The summed E-state index contributed by atoms with van der Waals surface area (Å²) in [6.45, 7) is 0.702. The van der Waals surface area contributed by atoms with E-state index < -0.39 is 0 Å². The second-order valence-electron chi connectivity index (χ2n) is 7.39. The van der Waals surface area contributed by atoms with Crippen LogP contribution in [-0.4, -0.2) is 39.1 Å². The van der Waals surface area contributed by atoms with Gasteiger partial charge >= 0.3 is 0 Å². The number of nitrogens with zero attached hydrogens (tertiary/aromatic N) is 3. The number of aromatic amines is 1. The average molecular weight is 435 g/mol. The zero-order valence-corrected chi connectivity index (χ0v) is 17.5. The van der Waals surface area contributed by atoms with Crippen LogP contribution in [0.3, 0.4) is 0 Å². The molecule has 31 heavy (non-hydrogen) atoms. The van der Waals surface area contributed by atoms with Crippen LogP contribution in [0, 0.1) is 0 Å². The molecule has 5 rings (SSSR count). The van der Waals surface area contributed by atoms with Crippen molar-refractivity contribution >= 4 is 23.2 Å². The molecule has 4 aromatic rings. The number of halogens is 1. The lowest BCUT2D eigenvalue weighted by molar-refractivity contribution is 0.0732. The van der Waals surface area contributed by atoms with Gasteiger partial charge in [0.2, 0.25) is 0 Å². The lowest BCUT2D eigenvalue weighted by atomic mass is 10.1. The molecule has 0 spiro atoms. The number of nitrogens with one attached hydrogen (secondary N) is 1. The van der Waals surface area contributed by atoms with Crippen LogP contribution in [0.15, 0.2) is 59.4 Å². The summed E-state index contributed by atoms with van der Waals surface area (Å²) in [5.74, 6) is 0.475. The fraction of sp³-hybridized carbons (Fsp3) is 0.174. The number of ether oxygens (including phenoxy) is 1. The molecule has 8 heteroatoms. The van der Waals surface area contributed by atoms with Gasteiger partial charge in [-0.3, -0.25) is 14.7 Å². The van der Waals surface area contributed by atoms with Gasteiger partial charge in [0.05, 0.1) is 30.6 Å². The molecule has 1 aliphatic rings. The minimum Gasteiger partial charge on any atom is -0.497 e. The molecule has 0 fully saturated rings. The number of rotatable bonds is 3. The van der Waals surface area contributed by atoms with Gasteiger partial charge < -0.3 is 9.64 Å². The molecular weight excluding hydrogens is 416 g/mol. The SMILES string of the molecule is COc1cccc(C(=O)N2CCc3nc4cc(-c5ccccc5Cl)[nH]n4c(=O)c3C2)c1. The van der Waals surface area contributed by atoms with E-state index in [1.54, 1.807) is 42.3 Å². The number of fused-ring (bicyclic) bond motifs is 2. The Morgan fingerprint density at radius 3 is 2.81 bits per heavy atom. The van der Waals surface area contributed by atoms with E-state index in [4.69, 9.17) is 16.3 Å². The van der Waals surface area contributed by atoms with E-state index in [9.17, 15) is 9.59 Å². The first-order valence-electron chi connectivity index (χ1n) is 9.87. The van der Waals surface area contributed by atoms with Crippen LogP contribution >= 0.6 is 11.6 Å². The number of amides is 1. The molecule has 156 valence electrons. The highest BCUT2D eigenvalue weighted by Crippen LogP contribution is 2.27. The van der Waals surface area contributed by atoms with Gasteiger partial charge in [-0.15, -0.1) is 0 Å². The molecule has 7 nitrogen and oxygen atoms in total. The van der Waals surface area contributed by atoms with Crippen molar-refractivity contribution in [1.82, 2.24) is 19.5 Å². The first-order valence-corrected chi connectivity index (χ1v) is 10.2. The van der Waals surface area contributed by atoms with Crippen LogP contribution in [0.5, 0.6) is 5.75 Å². The summed E-state index contributed by atoms with van der Waals surface area (Å²) < 4.78 is 6.63. The monoisotopic (exact) mass is 434 g/mol. The van der Waals surface area contributed by atoms with Gasteiger partial charge in [-0.1, -0.05) is 35.9 Å². The van der Waals surface area contributed by atoms with Gasteiger partial charge in [0, 0.05) is 35.2 Å². The number of carbonyl (C=O) groups is 1. The van der Waals surface area contributed by atoms with Gasteiger partial charge in [-0.25, -0.2) is 9.50 Å². The van der Waals surface area contributed by atoms with Crippen LogP contribution in [0.2, 0.25) is 5.02 Å². The van der Waals surface area contributed by atoms with E-state index in [2.05, 4.69) is 10.1 Å². The Hall–Kier alpha value is -3.58. The van der Waals surface area contributed by atoms with Crippen molar-refractivity contribution in [3.63, 3.8) is 0 Å². The van der Waals surface area contributed by atoms with Crippen molar-refractivity contribution in [2.45, 2.75) is 13.0 Å². The van der Waals surface area contributed by atoms with Crippen LogP contribution in [-0.2, 0) is 13.0 Å². The fourth-order valence-corrected chi connectivity index (χ4v) is 4.15. The van der Waals surface area contributed by atoms with E-state index in [0.29, 0.717) is 46.2 Å². The number of methoxy groups -OCH3 is 1. The lowest BCUT2D eigenvalue weighted by Gasteiger charge is -2.27. The standard InChI is InChI=1S/C23H19ClN4O3/c1-31-15-6-4-5-14(11-15)22(29)27-10-9-19-17(13-27)23(30)28-21(25-19)12-20(26-28)16-7-2-3-8-18(16)24/h2-8,11-12,26H,9-10,13H2,1H3. The smallest absolute Gasteiger partial charge is 0.277 e. The van der Waals surface area contributed by atoms with Gasteiger partial charge in [-0.2, -0.15) is 0 Å². The maximum atomic E-state index is 13.2. The summed E-state index contributed by atoms with van der Waals surface area (Å²) in [5, 5.41) is 3.68. The molecule has 2 aromatic carbocycles. The highest BCUT2D eigenvalue weighted by molar-refractivity contribution is 6.33. The normalized spacial score (nSPS) is 13.3. The van der Waals surface area contributed by atoms with E-state index in [1.807, 2.05) is 24.3 Å². The third kappa shape index (κ3) is 3.37. The Bertz CT molecular complexity index is 1380. The molecule has 0 radical (unpaired) electrons. The summed E-state index contributed by atoms with van der Waals surface area (Å²) in [6, 6.07) is 16.2. The quantitative estimate of drug-likeness (QED) is 0.534. The van der Waals surface area contributed by atoms with E-state index in [1.165, 1.54) is 4.52 Å². The molecule has 0 saturated carbocycles. The molecule has 0 unspecified atom stereocenters. The second-order valence-corrected chi connectivity index (χ2v) is 7.80. The number of carbonyl (C=O) groups excluding carboxylic acids is 1. The number of hydrogen-bond donors (Lipinski definition) is 1. The Morgan fingerprint density at radius 2 is 2.00 bits per heavy atom. The summed E-state index contributed by atoms with van der Waals surface area (Å²) in [5.41, 5.74) is 3.60. The molecule has 1 amide bonds. The van der Waals surface area contributed by atoms with Gasteiger partial charge in [0.1, 0.15) is 5.75 Å². The molecule has 0 aliphatic carbocycles. The molecule has 0 bridgehead atoms. The molecule has 1 aliphatic heterocycles. The topological polar surface area (TPSA) is 79.7 Å². The predicted octanol–water partition coefficient (Wildman–Crippen LogP) is 3.55. The van der Waals surface area contributed by atoms with Crippen molar-refractivity contribution in [1.29, 1.82) is 0 Å². The fourth-order valence-electron chi connectivity index (χ4n) is 3.91. The van der Waals surface area contributed by atoms with Crippen molar-refractivity contribution in [2.75, 3.05) is 13.7 Å². The minimum absolute atomic E-state index is 0.141. The largest absolute Gasteiger partial charge is 0.497 e. The Kier molecular flexibility index (Phi) is 4.75. The van der Waals surface area contributed by atoms with Crippen LogP contribution in [0.25, 0.3) is 16.9 Å². The van der Waals surface area contributed by atoms with Crippen LogP contribution in [0.4, 0.5) is 0 Å². The summed E-state index contributed by atoms with van der Waals surface area (Å²) in [6.07, 6.45) is 0.517.